The largest absolute Gasteiger partial charge is 0.420 e. The Balaban J connectivity index is 1.47. The van der Waals surface area contributed by atoms with Crippen LogP contribution in [0.1, 0.15) is 5.69 Å². The van der Waals surface area contributed by atoms with Gasteiger partial charge >= 0.3 is 6.09 Å². The minimum Gasteiger partial charge on any atom is -0.420 e. The van der Waals surface area contributed by atoms with E-state index in [-0.39, 0.29) is 5.91 Å². The summed E-state index contributed by atoms with van der Waals surface area (Å²) in [4.78, 5) is 42.3. The summed E-state index contributed by atoms with van der Waals surface area (Å²) in [6.45, 7) is 4.74. The Morgan fingerprint density at radius 3 is 2.61 bits per heavy atom. The second-order valence-corrected chi connectivity index (χ2v) is 10.0. The first-order valence-electron chi connectivity index (χ1n) is 10.2. The van der Waals surface area contributed by atoms with Crippen LogP contribution in [0.4, 0.5) is 10.6 Å². The summed E-state index contributed by atoms with van der Waals surface area (Å²) >= 11 is 3.11. The number of aryl methyl sites for hydroxylation is 1. The van der Waals surface area contributed by atoms with Gasteiger partial charge in [-0.2, -0.15) is 0 Å². The van der Waals surface area contributed by atoms with Crippen molar-refractivity contribution in [2.45, 2.75) is 13.2 Å². The van der Waals surface area contributed by atoms with Crippen molar-refractivity contribution in [3.05, 3.63) is 39.8 Å². The zero-order chi connectivity index (χ0) is 21.5. The maximum Gasteiger partial charge on any atom is 0.412 e. The van der Waals surface area contributed by atoms with E-state index in [9.17, 15) is 9.59 Å². The average Bonchev–Trinajstić information content (AvgIpc) is 3.05. The molecule has 3 aliphatic heterocycles. The predicted octanol–water partition coefficient (Wildman–Crippen LogP) is 2.69. The molecule has 0 saturated carbocycles. The van der Waals surface area contributed by atoms with Crippen LogP contribution in [-0.2, 0) is 9.53 Å². The Morgan fingerprint density at radius 1 is 1.06 bits per heavy atom. The van der Waals surface area contributed by atoms with Crippen LogP contribution in [0.25, 0.3) is 11.0 Å². The van der Waals surface area contributed by atoms with Gasteiger partial charge in [-0.3, -0.25) is 4.79 Å². The number of anilines is 1. The zero-order valence-corrected chi connectivity index (χ0v) is 19.0. The normalized spacial score (nSPS) is 22.3. The number of fused-ring (bicyclic) bond motifs is 1. The van der Waals surface area contributed by atoms with E-state index in [1.165, 1.54) is 16.7 Å². The molecule has 5 heterocycles. The van der Waals surface area contributed by atoms with Crippen LogP contribution in [0.5, 0.6) is 0 Å². The summed E-state index contributed by atoms with van der Waals surface area (Å²) in [5.41, 5.74) is 1.42. The van der Waals surface area contributed by atoms with Crippen molar-refractivity contribution in [2.75, 3.05) is 49.6 Å². The van der Waals surface area contributed by atoms with Crippen LogP contribution in [0.3, 0.4) is 0 Å². The summed E-state index contributed by atoms with van der Waals surface area (Å²) in [5, 5.41) is 0.897. The number of ether oxygens (including phenoxy) is 1. The quantitative estimate of drug-likeness (QED) is 0.681. The fourth-order valence-electron chi connectivity index (χ4n) is 3.82. The van der Waals surface area contributed by atoms with Crippen LogP contribution in [0.15, 0.2) is 34.1 Å². The smallest absolute Gasteiger partial charge is 0.412 e. The van der Waals surface area contributed by atoms with Gasteiger partial charge < -0.3 is 14.5 Å². The summed E-state index contributed by atoms with van der Waals surface area (Å²) in [7, 11) is 2.04. The number of carbonyl (C=O) groups excluding carboxylic acids is 2. The van der Waals surface area contributed by atoms with Crippen LogP contribution in [0.2, 0.25) is 0 Å². The van der Waals surface area contributed by atoms with Gasteiger partial charge in [0.25, 0.3) is 5.91 Å². The number of rotatable bonds is 2. The molecule has 0 aromatic carbocycles. The van der Waals surface area contributed by atoms with E-state index in [0.29, 0.717) is 29.5 Å². The third kappa shape index (κ3) is 3.88. The van der Waals surface area contributed by atoms with E-state index in [1.54, 1.807) is 22.7 Å². The van der Waals surface area contributed by atoms with Crippen LogP contribution in [0, 0.1) is 6.92 Å². The van der Waals surface area contributed by atoms with Crippen molar-refractivity contribution >= 4 is 52.4 Å². The zero-order valence-electron chi connectivity index (χ0n) is 17.4. The molecule has 2 aromatic rings. The van der Waals surface area contributed by atoms with Gasteiger partial charge in [-0.15, -0.1) is 23.5 Å². The third-order valence-electron chi connectivity index (χ3n) is 5.58. The van der Waals surface area contributed by atoms with Gasteiger partial charge in [0, 0.05) is 48.8 Å². The van der Waals surface area contributed by atoms with Gasteiger partial charge in [0.15, 0.2) is 5.65 Å². The van der Waals surface area contributed by atoms with Crippen LogP contribution < -0.4 is 4.90 Å². The van der Waals surface area contributed by atoms with Gasteiger partial charge in [0.1, 0.15) is 5.82 Å². The molecule has 1 unspecified atom stereocenters. The molecule has 162 valence electrons. The lowest BCUT2D eigenvalue weighted by Gasteiger charge is -2.34. The number of hydrogen-bond acceptors (Lipinski definition) is 8. The fourth-order valence-corrected chi connectivity index (χ4v) is 6.25. The third-order valence-corrected chi connectivity index (χ3v) is 8.18. The monoisotopic (exact) mass is 457 g/mol. The van der Waals surface area contributed by atoms with Crippen molar-refractivity contribution in [2.24, 2.45) is 0 Å². The molecule has 2 amide bonds. The molecule has 31 heavy (non-hydrogen) atoms. The molecule has 1 saturated heterocycles. The molecule has 0 bridgehead atoms. The first-order valence-corrected chi connectivity index (χ1v) is 12.2. The van der Waals surface area contributed by atoms with Crippen molar-refractivity contribution in [3.8, 4) is 0 Å². The molecule has 0 aliphatic carbocycles. The Kier molecular flexibility index (Phi) is 5.53. The first kappa shape index (κ1) is 20.6. The lowest BCUT2D eigenvalue weighted by molar-refractivity contribution is -0.115. The van der Waals surface area contributed by atoms with Crippen LogP contribution in [-0.4, -0.2) is 82.7 Å². The van der Waals surface area contributed by atoms with Gasteiger partial charge in [-0.1, -0.05) is 0 Å². The number of aromatic nitrogens is 2. The Labute approximate surface area is 189 Å². The minimum absolute atomic E-state index is 0.164. The molecular weight excluding hydrogens is 434 g/mol. The van der Waals surface area contributed by atoms with E-state index >= 15 is 0 Å². The molecule has 0 spiro atoms. The van der Waals surface area contributed by atoms with Crippen molar-refractivity contribution in [1.82, 2.24) is 19.8 Å². The van der Waals surface area contributed by atoms with Crippen molar-refractivity contribution in [1.29, 1.82) is 0 Å². The number of hydrogen-bond donors (Lipinski definition) is 0. The number of piperazine rings is 1. The Bertz CT molecular complexity index is 1080. The number of amides is 2. The van der Waals surface area contributed by atoms with Crippen molar-refractivity contribution in [3.63, 3.8) is 0 Å². The number of likely N-dealkylation sites (N-methyl/N-ethyl adjacent to an activating group) is 1. The van der Waals surface area contributed by atoms with E-state index in [2.05, 4.69) is 14.9 Å². The fraction of sp³-hybridized carbons (Fsp3) is 0.429. The second kappa shape index (κ2) is 8.33. The lowest BCUT2D eigenvalue weighted by atomic mass is 10.2. The van der Waals surface area contributed by atoms with Gasteiger partial charge in [0.2, 0.25) is 6.23 Å². The highest BCUT2D eigenvalue weighted by Crippen LogP contribution is 2.45. The molecule has 2 aromatic heterocycles. The number of thioether (sulfide) groups is 2. The highest BCUT2D eigenvalue weighted by atomic mass is 32.2. The van der Waals surface area contributed by atoms with E-state index in [0.717, 1.165) is 40.6 Å². The summed E-state index contributed by atoms with van der Waals surface area (Å²) in [6, 6.07) is 7.58. The second-order valence-electron chi connectivity index (χ2n) is 7.76. The lowest BCUT2D eigenvalue weighted by Crippen LogP contribution is -2.49. The minimum atomic E-state index is -0.790. The highest BCUT2D eigenvalue weighted by molar-refractivity contribution is 8.10. The topological polar surface area (TPSA) is 78.9 Å². The molecule has 5 rings (SSSR count). The molecule has 1 fully saturated rings. The predicted molar refractivity (Wildman–Crippen MR) is 123 cm³/mol. The Hall–Kier alpha value is -2.30. The number of carbonyl (C=O) groups is 2. The molecule has 8 nitrogen and oxygen atoms in total. The van der Waals surface area contributed by atoms with E-state index in [4.69, 9.17) is 4.74 Å². The molecule has 10 heteroatoms. The van der Waals surface area contributed by atoms with E-state index in [1.807, 2.05) is 32.2 Å². The highest BCUT2D eigenvalue weighted by Gasteiger charge is 2.45. The molecule has 0 radical (unpaired) electrons. The maximum absolute atomic E-state index is 13.3. The standard InChI is InChI=1S/C21H23N5O3S2/c1-13-3-4-14-5-6-15(23-18(14)22-13)26-19(27)16-17(31-12-11-30-16)20(26)29-21(28)25-9-7-24(2)8-10-25/h3-6,20H,7-12H2,1-2H3. The molecule has 0 N–H and O–H groups in total. The molecule has 3 aliphatic rings. The number of nitrogens with zero attached hydrogens (tertiary/aromatic N) is 5. The van der Waals surface area contributed by atoms with Gasteiger partial charge in [-0.05, 0) is 38.2 Å². The number of pyridine rings is 2. The Morgan fingerprint density at radius 2 is 1.81 bits per heavy atom. The van der Waals surface area contributed by atoms with Gasteiger partial charge in [-0.25, -0.2) is 19.7 Å². The molecular formula is C21H23N5O3S2. The SMILES string of the molecule is Cc1ccc2ccc(N3C(=O)C4=C(SCCS4)C3OC(=O)N3CCN(C)CC3)nc2n1. The first-order chi connectivity index (χ1) is 15.0. The average molecular weight is 458 g/mol. The molecule has 1 atom stereocenters. The summed E-state index contributed by atoms with van der Waals surface area (Å²) < 4.78 is 5.95. The maximum atomic E-state index is 13.3. The van der Waals surface area contributed by atoms with Crippen molar-refractivity contribution < 1.29 is 14.3 Å². The van der Waals surface area contributed by atoms with Crippen LogP contribution >= 0.6 is 23.5 Å². The van der Waals surface area contributed by atoms with E-state index < -0.39 is 12.3 Å². The summed E-state index contributed by atoms with van der Waals surface area (Å²) in [5.74, 6) is 2.01. The summed E-state index contributed by atoms with van der Waals surface area (Å²) in [6.07, 6.45) is -1.18. The van der Waals surface area contributed by atoms with Gasteiger partial charge in [0.05, 0.1) is 9.81 Å².